The molecule has 2 unspecified atom stereocenters. The van der Waals surface area contributed by atoms with Gasteiger partial charge in [0.15, 0.2) is 0 Å². The molecular formula is C17H29N3. The molecule has 20 heavy (non-hydrogen) atoms. The molecular weight excluding hydrogens is 246 g/mol. The fraction of sp³-hybridized carbons (Fsp3) is 0.647. The van der Waals surface area contributed by atoms with Crippen molar-refractivity contribution in [1.29, 1.82) is 0 Å². The minimum atomic E-state index is 0.628. The van der Waals surface area contributed by atoms with Crippen LogP contribution in [0.5, 0.6) is 0 Å². The number of hydrogen-bond donors (Lipinski definition) is 1. The molecule has 0 spiro atoms. The number of rotatable bonds is 6. The molecule has 3 heteroatoms. The quantitative estimate of drug-likeness (QED) is 0.857. The third-order valence-electron chi connectivity index (χ3n) is 4.30. The molecule has 1 N–H and O–H groups in total. The normalized spacial score (nSPS) is 22.1. The van der Waals surface area contributed by atoms with E-state index in [4.69, 9.17) is 0 Å². The van der Waals surface area contributed by atoms with Crippen molar-refractivity contribution < 1.29 is 0 Å². The van der Waals surface area contributed by atoms with Crippen LogP contribution in [0, 0.1) is 0 Å². The standard InChI is InChI=1S/C17H29N3/c1-15(16-7-5-4-6-8-16)13-17-14-18-9-10-20(17)12-11-19(2)3/h4-8,15,17-18H,9-14H2,1-3H3. The molecule has 2 atom stereocenters. The first-order chi connectivity index (χ1) is 9.66. The van der Waals surface area contributed by atoms with Crippen molar-refractivity contribution in [2.24, 2.45) is 0 Å². The molecule has 0 aromatic heterocycles. The molecule has 1 aliphatic heterocycles. The predicted molar refractivity (Wildman–Crippen MR) is 86.3 cm³/mol. The van der Waals surface area contributed by atoms with Crippen molar-refractivity contribution in [3.63, 3.8) is 0 Å². The van der Waals surface area contributed by atoms with Crippen LogP contribution in [0.4, 0.5) is 0 Å². The third kappa shape index (κ3) is 4.58. The Balaban J connectivity index is 1.91. The zero-order valence-electron chi connectivity index (χ0n) is 13.2. The summed E-state index contributed by atoms with van der Waals surface area (Å²) in [5, 5.41) is 3.55. The van der Waals surface area contributed by atoms with Gasteiger partial charge in [0.05, 0.1) is 0 Å². The zero-order valence-corrected chi connectivity index (χ0v) is 13.2. The lowest BCUT2D eigenvalue weighted by Gasteiger charge is -2.38. The van der Waals surface area contributed by atoms with E-state index in [1.807, 2.05) is 0 Å². The Bertz CT molecular complexity index is 377. The summed E-state index contributed by atoms with van der Waals surface area (Å²) in [7, 11) is 4.31. The fourth-order valence-corrected chi connectivity index (χ4v) is 2.98. The summed E-state index contributed by atoms with van der Waals surface area (Å²) in [6, 6.07) is 11.6. The van der Waals surface area contributed by atoms with Crippen molar-refractivity contribution in [2.75, 3.05) is 46.8 Å². The van der Waals surface area contributed by atoms with Gasteiger partial charge >= 0.3 is 0 Å². The SMILES string of the molecule is CC(CC1CNCCN1CCN(C)C)c1ccccc1. The number of likely N-dealkylation sites (N-methyl/N-ethyl adjacent to an activating group) is 1. The van der Waals surface area contributed by atoms with E-state index in [9.17, 15) is 0 Å². The lowest BCUT2D eigenvalue weighted by Crippen LogP contribution is -2.53. The summed E-state index contributed by atoms with van der Waals surface area (Å²) >= 11 is 0. The summed E-state index contributed by atoms with van der Waals surface area (Å²) in [5.41, 5.74) is 1.46. The van der Waals surface area contributed by atoms with Gasteiger partial charge in [-0.2, -0.15) is 0 Å². The molecule has 2 rings (SSSR count). The second-order valence-corrected chi connectivity index (χ2v) is 6.24. The van der Waals surface area contributed by atoms with Gasteiger partial charge < -0.3 is 10.2 Å². The lowest BCUT2D eigenvalue weighted by molar-refractivity contribution is 0.136. The topological polar surface area (TPSA) is 18.5 Å². The molecule has 1 saturated heterocycles. The number of piperazine rings is 1. The van der Waals surface area contributed by atoms with E-state index in [1.54, 1.807) is 0 Å². The molecule has 1 aromatic rings. The van der Waals surface area contributed by atoms with Gasteiger partial charge in [-0.25, -0.2) is 0 Å². The Morgan fingerprint density at radius 3 is 2.75 bits per heavy atom. The van der Waals surface area contributed by atoms with Crippen LogP contribution in [0.2, 0.25) is 0 Å². The lowest BCUT2D eigenvalue weighted by atomic mass is 9.92. The largest absolute Gasteiger partial charge is 0.314 e. The summed E-state index contributed by atoms with van der Waals surface area (Å²) in [6.07, 6.45) is 1.24. The van der Waals surface area contributed by atoms with Crippen molar-refractivity contribution in [3.8, 4) is 0 Å². The first-order valence-corrected chi connectivity index (χ1v) is 7.81. The Kier molecular flexibility index (Phi) is 6.02. The van der Waals surface area contributed by atoms with E-state index in [1.165, 1.54) is 25.1 Å². The van der Waals surface area contributed by atoms with E-state index in [-0.39, 0.29) is 0 Å². The molecule has 112 valence electrons. The van der Waals surface area contributed by atoms with Crippen molar-refractivity contribution in [2.45, 2.75) is 25.3 Å². The molecule has 1 heterocycles. The van der Waals surface area contributed by atoms with Crippen molar-refractivity contribution in [1.82, 2.24) is 15.1 Å². The summed E-state index contributed by atoms with van der Waals surface area (Å²) in [6.45, 7) is 8.12. The number of nitrogens with one attached hydrogen (secondary N) is 1. The van der Waals surface area contributed by atoms with Gasteiger partial charge in [0, 0.05) is 38.8 Å². The number of benzene rings is 1. The van der Waals surface area contributed by atoms with Crippen LogP contribution in [0.25, 0.3) is 0 Å². The highest BCUT2D eigenvalue weighted by molar-refractivity contribution is 5.19. The number of hydrogen-bond acceptors (Lipinski definition) is 3. The molecule has 1 aliphatic rings. The van der Waals surface area contributed by atoms with Gasteiger partial charge in [-0.1, -0.05) is 37.3 Å². The van der Waals surface area contributed by atoms with Crippen LogP contribution in [0.1, 0.15) is 24.8 Å². The van der Waals surface area contributed by atoms with E-state index in [0.29, 0.717) is 12.0 Å². The van der Waals surface area contributed by atoms with Gasteiger partial charge in [-0.15, -0.1) is 0 Å². The van der Waals surface area contributed by atoms with Crippen LogP contribution in [-0.4, -0.2) is 62.7 Å². The maximum Gasteiger partial charge on any atom is 0.0227 e. The second kappa shape index (κ2) is 7.77. The summed E-state index contributed by atoms with van der Waals surface area (Å²) in [4.78, 5) is 4.94. The maximum atomic E-state index is 3.55. The molecule has 1 fully saturated rings. The fourth-order valence-electron chi connectivity index (χ4n) is 2.98. The predicted octanol–water partition coefficient (Wildman–Crippen LogP) is 2.02. The smallest absolute Gasteiger partial charge is 0.0227 e. The maximum absolute atomic E-state index is 3.55. The minimum Gasteiger partial charge on any atom is -0.314 e. The highest BCUT2D eigenvalue weighted by Crippen LogP contribution is 2.23. The van der Waals surface area contributed by atoms with Gasteiger partial charge in [0.1, 0.15) is 0 Å². The van der Waals surface area contributed by atoms with Crippen LogP contribution in [-0.2, 0) is 0 Å². The summed E-state index contributed by atoms with van der Waals surface area (Å²) in [5.74, 6) is 0.628. The second-order valence-electron chi connectivity index (χ2n) is 6.24. The van der Waals surface area contributed by atoms with Crippen LogP contribution >= 0.6 is 0 Å². The van der Waals surface area contributed by atoms with E-state index in [0.717, 1.165) is 19.6 Å². The van der Waals surface area contributed by atoms with Crippen LogP contribution < -0.4 is 5.32 Å². The zero-order chi connectivity index (χ0) is 14.4. The molecule has 0 radical (unpaired) electrons. The van der Waals surface area contributed by atoms with Crippen molar-refractivity contribution in [3.05, 3.63) is 35.9 Å². The van der Waals surface area contributed by atoms with Gasteiger partial charge in [0.2, 0.25) is 0 Å². The molecule has 0 amide bonds. The molecule has 3 nitrogen and oxygen atoms in total. The summed E-state index contributed by atoms with van der Waals surface area (Å²) < 4.78 is 0. The third-order valence-corrected chi connectivity index (χ3v) is 4.30. The van der Waals surface area contributed by atoms with Gasteiger partial charge in [0.25, 0.3) is 0 Å². The van der Waals surface area contributed by atoms with E-state index in [2.05, 4.69) is 66.5 Å². The molecule has 0 saturated carbocycles. The average molecular weight is 275 g/mol. The van der Waals surface area contributed by atoms with E-state index >= 15 is 0 Å². The van der Waals surface area contributed by atoms with Crippen LogP contribution in [0.15, 0.2) is 30.3 Å². The average Bonchev–Trinajstić information content (AvgIpc) is 2.47. The van der Waals surface area contributed by atoms with Crippen LogP contribution in [0.3, 0.4) is 0 Å². The molecule has 0 aliphatic carbocycles. The monoisotopic (exact) mass is 275 g/mol. The van der Waals surface area contributed by atoms with Crippen molar-refractivity contribution >= 4 is 0 Å². The highest BCUT2D eigenvalue weighted by Gasteiger charge is 2.24. The highest BCUT2D eigenvalue weighted by atomic mass is 15.2. The first kappa shape index (κ1) is 15.5. The van der Waals surface area contributed by atoms with Gasteiger partial charge in [-0.3, -0.25) is 4.90 Å². The minimum absolute atomic E-state index is 0.628. The van der Waals surface area contributed by atoms with E-state index < -0.39 is 0 Å². The Morgan fingerprint density at radius 2 is 2.05 bits per heavy atom. The number of nitrogens with zero attached hydrogens (tertiary/aromatic N) is 2. The Hall–Kier alpha value is -0.900. The Labute approximate surface area is 124 Å². The molecule has 1 aromatic carbocycles. The van der Waals surface area contributed by atoms with Gasteiger partial charge in [-0.05, 0) is 32.0 Å². The Morgan fingerprint density at radius 1 is 1.30 bits per heavy atom. The molecule has 0 bridgehead atoms. The first-order valence-electron chi connectivity index (χ1n) is 7.81.